The highest BCUT2D eigenvalue weighted by Gasteiger charge is 2.37. The topological polar surface area (TPSA) is 113 Å². The number of para-hydroxylation sites is 2. The molecule has 2 aliphatic heterocycles. The van der Waals surface area contributed by atoms with Gasteiger partial charge in [0.2, 0.25) is 15.9 Å². The Morgan fingerprint density at radius 2 is 1.66 bits per heavy atom. The first kappa shape index (κ1) is 22.6. The summed E-state index contributed by atoms with van der Waals surface area (Å²) in [6.07, 6.45) is -0.0830. The molecule has 172 valence electrons. The average Bonchev–Trinajstić information content (AvgIpc) is 3.00. The Hall–Kier alpha value is -2.63. The van der Waals surface area contributed by atoms with Crippen LogP contribution in [-0.4, -0.2) is 54.8 Å². The molecule has 0 bridgehead atoms. The Morgan fingerprint density at radius 1 is 1.03 bits per heavy atom. The molecule has 1 amide bonds. The fourth-order valence-corrected chi connectivity index (χ4v) is 7.15. The lowest BCUT2D eigenvalue weighted by molar-refractivity contribution is -0.116. The van der Waals surface area contributed by atoms with Gasteiger partial charge in [0.05, 0.1) is 40.9 Å². The van der Waals surface area contributed by atoms with Crippen LogP contribution in [0, 0.1) is 13.8 Å². The van der Waals surface area contributed by atoms with Crippen molar-refractivity contribution >= 4 is 43.0 Å². The van der Waals surface area contributed by atoms with Crippen LogP contribution in [0.5, 0.6) is 0 Å². The van der Waals surface area contributed by atoms with Crippen molar-refractivity contribution in [2.75, 3.05) is 46.0 Å². The van der Waals surface area contributed by atoms with Gasteiger partial charge in [-0.3, -0.25) is 9.52 Å². The van der Waals surface area contributed by atoms with Gasteiger partial charge in [0.1, 0.15) is 0 Å². The molecule has 0 radical (unpaired) electrons. The number of ether oxygens (including phenoxy) is 1. The summed E-state index contributed by atoms with van der Waals surface area (Å²) in [5, 5.41) is 0. The number of nitrogens with zero attached hydrogens (tertiary/aromatic N) is 2. The predicted octanol–water partition coefficient (Wildman–Crippen LogP) is 2.01. The van der Waals surface area contributed by atoms with Gasteiger partial charge in [-0.2, -0.15) is 0 Å². The zero-order valence-electron chi connectivity index (χ0n) is 17.9. The van der Waals surface area contributed by atoms with E-state index in [4.69, 9.17) is 4.74 Å². The van der Waals surface area contributed by atoms with Gasteiger partial charge in [-0.1, -0.05) is 12.1 Å². The standard InChI is InChI=1S/C21H25N3O6S2/c1-15-13-17(24-20(25)7-12-31(24,26)27)14-16(2)21(15)32(28,29)22-18-5-3-4-6-19(18)23-8-10-30-11-9-23/h3-6,13-14,22H,7-12H2,1-2H3. The molecular formula is C21H25N3O6S2. The molecule has 0 saturated carbocycles. The Bertz CT molecular complexity index is 1250. The molecule has 32 heavy (non-hydrogen) atoms. The van der Waals surface area contributed by atoms with Gasteiger partial charge in [0, 0.05) is 19.5 Å². The van der Waals surface area contributed by atoms with E-state index >= 15 is 0 Å². The highest BCUT2D eigenvalue weighted by molar-refractivity contribution is 7.94. The molecule has 1 N–H and O–H groups in total. The molecule has 4 rings (SSSR count). The summed E-state index contributed by atoms with van der Waals surface area (Å²) in [7, 11) is -7.71. The second-order valence-electron chi connectivity index (χ2n) is 7.85. The molecule has 2 aliphatic rings. The van der Waals surface area contributed by atoms with Crippen molar-refractivity contribution in [3.8, 4) is 0 Å². The van der Waals surface area contributed by atoms with Crippen LogP contribution in [0.25, 0.3) is 0 Å². The summed E-state index contributed by atoms with van der Waals surface area (Å²) in [4.78, 5) is 14.2. The third-order valence-electron chi connectivity index (χ3n) is 5.53. The number of carbonyl (C=O) groups is 1. The number of amides is 1. The number of sulfonamides is 2. The van der Waals surface area contributed by atoms with Gasteiger partial charge in [-0.25, -0.2) is 21.1 Å². The van der Waals surface area contributed by atoms with Crippen LogP contribution in [-0.2, 0) is 29.6 Å². The minimum atomic E-state index is -3.98. The second-order valence-corrected chi connectivity index (χ2v) is 11.4. The van der Waals surface area contributed by atoms with Crippen molar-refractivity contribution in [2.24, 2.45) is 0 Å². The number of hydrogen-bond acceptors (Lipinski definition) is 7. The highest BCUT2D eigenvalue weighted by atomic mass is 32.2. The average molecular weight is 480 g/mol. The first-order valence-corrected chi connectivity index (χ1v) is 13.3. The summed E-state index contributed by atoms with van der Waals surface area (Å²) in [6.45, 7) is 5.63. The summed E-state index contributed by atoms with van der Waals surface area (Å²) < 4.78 is 60.1. The number of morpholine rings is 1. The van der Waals surface area contributed by atoms with Gasteiger partial charge in [0.15, 0.2) is 0 Å². The number of carbonyl (C=O) groups excluding carboxylic acids is 1. The van der Waals surface area contributed by atoms with E-state index in [0.717, 1.165) is 9.99 Å². The Balaban J connectivity index is 1.69. The van der Waals surface area contributed by atoms with Gasteiger partial charge < -0.3 is 9.64 Å². The maximum atomic E-state index is 13.3. The Kier molecular flexibility index (Phi) is 5.91. The molecule has 0 unspecified atom stereocenters. The summed E-state index contributed by atoms with van der Waals surface area (Å²) in [5.74, 6) is -0.763. The van der Waals surface area contributed by atoms with Crippen molar-refractivity contribution < 1.29 is 26.4 Å². The SMILES string of the molecule is Cc1cc(N2C(=O)CCS2(=O)=O)cc(C)c1S(=O)(=O)Nc1ccccc1N1CCOCC1. The van der Waals surface area contributed by atoms with E-state index in [-0.39, 0.29) is 22.8 Å². The van der Waals surface area contributed by atoms with Crippen LogP contribution in [0.1, 0.15) is 17.5 Å². The maximum Gasteiger partial charge on any atom is 0.262 e. The van der Waals surface area contributed by atoms with Crippen molar-refractivity contribution in [3.05, 3.63) is 47.5 Å². The third-order valence-corrected chi connectivity index (χ3v) is 8.89. The molecule has 0 spiro atoms. The number of aryl methyl sites for hydroxylation is 2. The van der Waals surface area contributed by atoms with Gasteiger partial charge >= 0.3 is 0 Å². The molecule has 11 heteroatoms. The minimum Gasteiger partial charge on any atom is -0.378 e. The van der Waals surface area contributed by atoms with E-state index in [1.807, 2.05) is 12.1 Å². The summed E-state index contributed by atoms with van der Waals surface area (Å²) in [5.41, 5.74) is 2.09. The van der Waals surface area contributed by atoms with Gasteiger partial charge in [-0.05, 0) is 49.2 Å². The zero-order chi connectivity index (χ0) is 23.1. The lowest BCUT2D eigenvalue weighted by Gasteiger charge is -2.30. The smallest absolute Gasteiger partial charge is 0.262 e. The molecule has 2 saturated heterocycles. The van der Waals surface area contributed by atoms with E-state index in [0.29, 0.717) is 43.1 Å². The Labute approximate surface area is 188 Å². The van der Waals surface area contributed by atoms with E-state index in [9.17, 15) is 21.6 Å². The van der Waals surface area contributed by atoms with E-state index in [2.05, 4.69) is 9.62 Å². The molecular weight excluding hydrogens is 454 g/mol. The van der Waals surface area contributed by atoms with Crippen LogP contribution in [0.2, 0.25) is 0 Å². The number of rotatable bonds is 5. The van der Waals surface area contributed by atoms with Crippen molar-refractivity contribution in [1.82, 2.24) is 0 Å². The summed E-state index contributed by atoms with van der Waals surface area (Å²) >= 11 is 0. The molecule has 0 aromatic heterocycles. The number of nitrogens with one attached hydrogen (secondary N) is 1. The van der Waals surface area contributed by atoms with E-state index in [1.165, 1.54) is 12.1 Å². The molecule has 2 aromatic rings. The number of hydrogen-bond donors (Lipinski definition) is 1. The van der Waals surface area contributed by atoms with Crippen LogP contribution < -0.4 is 13.9 Å². The van der Waals surface area contributed by atoms with Gasteiger partial charge in [0.25, 0.3) is 10.0 Å². The van der Waals surface area contributed by atoms with Crippen molar-refractivity contribution in [1.29, 1.82) is 0 Å². The van der Waals surface area contributed by atoms with E-state index < -0.39 is 26.0 Å². The lowest BCUT2D eigenvalue weighted by atomic mass is 10.1. The number of benzene rings is 2. The number of anilines is 3. The van der Waals surface area contributed by atoms with Crippen LogP contribution in [0.15, 0.2) is 41.3 Å². The molecule has 0 aliphatic carbocycles. The first-order valence-electron chi connectivity index (χ1n) is 10.2. The fourth-order valence-electron chi connectivity index (χ4n) is 4.17. The molecule has 2 aromatic carbocycles. The predicted molar refractivity (Wildman–Crippen MR) is 122 cm³/mol. The first-order chi connectivity index (χ1) is 15.1. The quantitative estimate of drug-likeness (QED) is 0.698. The van der Waals surface area contributed by atoms with Crippen LogP contribution >= 0.6 is 0 Å². The molecule has 0 atom stereocenters. The molecule has 9 nitrogen and oxygen atoms in total. The van der Waals surface area contributed by atoms with Crippen LogP contribution in [0.3, 0.4) is 0 Å². The molecule has 2 fully saturated rings. The zero-order valence-corrected chi connectivity index (χ0v) is 19.5. The molecule has 2 heterocycles. The summed E-state index contributed by atoms with van der Waals surface area (Å²) in [6, 6.07) is 10.0. The van der Waals surface area contributed by atoms with Crippen molar-refractivity contribution in [3.63, 3.8) is 0 Å². The Morgan fingerprint density at radius 3 is 2.25 bits per heavy atom. The van der Waals surface area contributed by atoms with Crippen molar-refractivity contribution in [2.45, 2.75) is 25.2 Å². The second kappa shape index (κ2) is 8.38. The monoisotopic (exact) mass is 479 g/mol. The van der Waals surface area contributed by atoms with Crippen LogP contribution in [0.4, 0.5) is 17.1 Å². The van der Waals surface area contributed by atoms with Gasteiger partial charge in [-0.15, -0.1) is 0 Å². The lowest BCUT2D eigenvalue weighted by Crippen LogP contribution is -2.36. The fraction of sp³-hybridized carbons (Fsp3) is 0.381. The highest BCUT2D eigenvalue weighted by Crippen LogP contribution is 2.34. The normalized spacial score (nSPS) is 18.8. The third kappa shape index (κ3) is 4.19. The van der Waals surface area contributed by atoms with E-state index in [1.54, 1.807) is 26.0 Å². The largest absolute Gasteiger partial charge is 0.378 e. The maximum absolute atomic E-state index is 13.3. The minimum absolute atomic E-state index is 0.0575.